The summed E-state index contributed by atoms with van der Waals surface area (Å²) in [5, 5.41) is 9.22. The van der Waals surface area contributed by atoms with E-state index in [4.69, 9.17) is 0 Å². The number of hydrogen-bond acceptors (Lipinski definition) is 5. The Hall–Kier alpha value is -1.48. The predicted octanol–water partition coefficient (Wildman–Crippen LogP) is 0.160. The van der Waals surface area contributed by atoms with E-state index in [0.29, 0.717) is 5.82 Å². The summed E-state index contributed by atoms with van der Waals surface area (Å²) in [5.41, 5.74) is -1.03. The largest absolute Gasteiger partial charge is 0.347 e. The van der Waals surface area contributed by atoms with Gasteiger partial charge in [-0.2, -0.15) is 0 Å². The Balaban J connectivity index is 2.68. The maximum absolute atomic E-state index is 12.0. The minimum Gasteiger partial charge on any atom is -0.347 e. The van der Waals surface area contributed by atoms with Crippen LogP contribution in [0.4, 0.5) is 0 Å². The van der Waals surface area contributed by atoms with E-state index in [2.05, 4.69) is 25.2 Å². The standard InChI is InChI=1S/C12H23N5O3S/c1-11(2,3)10-14-8(15-16-10)9(18)13-7-12(4,5)17-21(6,19)20/h17H,7H2,1-6H3,(H,13,18)(H,14,15,16). The second-order valence-corrected chi connectivity index (χ2v) is 8.45. The van der Waals surface area contributed by atoms with Gasteiger partial charge < -0.3 is 5.32 Å². The van der Waals surface area contributed by atoms with Crippen molar-refractivity contribution in [2.45, 2.75) is 45.6 Å². The van der Waals surface area contributed by atoms with E-state index in [1.54, 1.807) is 13.8 Å². The van der Waals surface area contributed by atoms with Crippen LogP contribution in [0.2, 0.25) is 0 Å². The van der Waals surface area contributed by atoms with Crippen molar-refractivity contribution in [2.75, 3.05) is 12.8 Å². The lowest BCUT2D eigenvalue weighted by atomic mass is 9.96. The van der Waals surface area contributed by atoms with Crippen molar-refractivity contribution in [1.29, 1.82) is 0 Å². The van der Waals surface area contributed by atoms with Gasteiger partial charge in [0.1, 0.15) is 5.82 Å². The number of H-pyrrole nitrogens is 1. The number of sulfonamides is 1. The number of nitrogens with zero attached hydrogens (tertiary/aromatic N) is 2. The normalized spacial score (nSPS) is 13.2. The minimum absolute atomic E-state index is 0.0371. The van der Waals surface area contributed by atoms with Crippen LogP contribution < -0.4 is 10.0 Å². The van der Waals surface area contributed by atoms with Crippen molar-refractivity contribution in [3.05, 3.63) is 11.6 Å². The van der Waals surface area contributed by atoms with E-state index in [-0.39, 0.29) is 17.8 Å². The molecular weight excluding hydrogens is 294 g/mol. The fourth-order valence-corrected chi connectivity index (χ4v) is 2.69. The summed E-state index contributed by atoms with van der Waals surface area (Å²) in [6.45, 7) is 9.33. The first-order valence-electron chi connectivity index (χ1n) is 6.50. The summed E-state index contributed by atoms with van der Waals surface area (Å²) in [4.78, 5) is 16.1. The van der Waals surface area contributed by atoms with E-state index in [1.807, 2.05) is 20.8 Å². The third-order valence-corrected chi connectivity index (χ3v) is 3.47. The van der Waals surface area contributed by atoms with Crippen molar-refractivity contribution >= 4 is 15.9 Å². The van der Waals surface area contributed by atoms with Crippen molar-refractivity contribution in [2.24, 2.45) is 0 Å². The summed E-state index contributed by atoms with van der Waals surface area (Å²) >= 11 is 0. The van der Waals surface area contributed by atoms with Gasteiger partial charge in [0.25, 0.3) is 5.91 Å². The third-order valence-electron chi connectivity index (χ3n) is 2.55. The molecule has 0 radical (unpaired) electrons. The lowest BCUT2D eigenvalue weighted by Gasteiger charge is -2.24. The van der Waals surface area contributed by atoms with Crippen LogP contribution in [0, 0.1) is 0 Å². The van der Waals surface area contributed by atoms with E-state index < -0.39 is 21.5 Å². The number of carbonyl (C=O) groups excluding carboxylic acids is 1. The van der Waals surface area contributed by atoms with Crippen molar-refractivity contribution in [3.8, 4) is 0 Å². The molecule has 0 bridgehead atoms. The van der Waals surface area contributed by atoms with Crippen molar-refractivity contribution in [1.82, 2.24) is 25.2 Å². The van der Waals surface area contributed by atoms with Gasteiger partial charge >= 0.3 is 0 Å². The highest BCUT2D eigenvalue weighted by molar-refractivity contribution is 7.88. The molecule has 0 fully saturated rings. The molecule has 0 aromatic carbocycles. The number of rotatable bonds is 5. The molecule has 0 spiro atoms. The molecule has 1 amide bonds. The molecule has 1 rings (SSSR count). The van der Waals surface area contributed by atoms with E-state index in [0.717, 1.165) is 6.26 Å². The van der Waals surface area contributed by atoms with Crippen LogP contribution >= 0.6 is 0 Å². The zero-order chi connectivity index (χ0) is 16.5. The van der Waals surface area contributed by atoms with Gasteiger partial charge in [-0.25, -0.2) is 18.1 Å². The quantitative estimate of drug-likeness (QED) is 0.715. The molecule has 0 aliphatic heterocycles. The number of aromatic amines is 1. The van der Waals surface area contributed by atoms with Gasteiger partial charge in [-0.05, 0) is 13.8 Å². The molecule has 0 aliphatic carbocycles. The average Bonchev–Trinajstić information content (AvgIpc) is 2.71. The molecule has 0 saturated carbocycles. The number of nitrogens with one attached hydrogen (secondary N) is 3. The van der Waals surface area contributed by atoms with Crippen molar-refractivity contribution < 1.29 is 13.2 Å². The molecule has 3 N–H and O–H groups in total. The van der Waals surface area contributed by atoms with Crippen LogP contribution in [-0.2, 0) is 15.4 Å². The molecular formula is C12H23N5O3S. The number of hydrogen-bond donors (Lipinski definition) is 3. The van der Waals surface area contributed by atoms with Crippen LogP contribution in [0.15, 0.2) is 0 Å². The Morgan fingerprint density at radius 2 is 1.81 bits per heavy atom. The van der Waals surface area contributed by atoms with Gasteiger partial charge in [-0.1, -0.05) is 20.8 Å². The highest BCUT2D eigenvalue weighted by Crippen LogP contribution is 2.17. The van der Waals surface area contributed by atoms with Gasteiger partial charge in [0.15, 0.2) is 0 Å². The Kier molecular flexibility index (Phi) is 4.79. The third kappa shape index (κ3) is 5.80. The maximum atomic E-state index is 12.0. The molecule has 21 heavy (non-hydrogen) atoms. The molecule has 1 aromatic rings. The average molecular weight is 317 g/mol. The summed E-state index contributed by atoms with van der Waals surface area (Å²) in [5.74, 6) is 0.196. The zero-order valence-corrected chi connectivity index (χ0v) is 14.1. The molecule has 1 aromatic heterocycles. The molecule has 9 heteroatoms. The Morgan fingerprint density at radius 3 is 2.24 bits per heavy atom. The summed E-state index contributed by atoms with van der Waals surface area (Å²) < 4.78 is 24.9. The van der Waals surface area contributed by atoms with Crippen LogP contribution in [0.25, 0.3) is 0 Å². The molecule has 0 unspecified atom stereocenters. The first-order chi connectivity index (χ1) is 9.30. The molecule has 0 saturated heterocycles. The maximum Gasteiger partial charge on any atom is 0.291 e. The Labute approximate surface area is 125 Å². The van der Waals surface area contributed by atoms with Crippen molar-refractivity contribution in [3.63, 3.8) is 0 Å². The van der Waals surface area contributed by atoms with Crippen LogP contribution in [0.3, 0.4) is 0 Å². The van der Waals surface area contributed by atoms with Gasteiger partial charge in [0.05, 0.1) is 6.26 Å². The SMILES string of the molecule is CC(C)(CNC(=O)c1n[nH]c(C(C)(C)C)n1)NS(C)(=O)=O. The molecule has 120 valence electrons. The smallest absolute Gasteiger partial charge is 0.291 e. The minimum atomic E-state index is -3.35. The highest BCUT2D eigenvalue weighted by Gasteiger charge is 2.25. The summed E-state index contributed by atoms with van der Waals surface area (Å²) in [6.07, 6.45) is 1.07. The van der Waals surface area contributed by atoms with Gasteiger partial charge in [0.2, 0.25) is 15.8 Å². The highest BCUT2D eigenvalue weighted by atomic mass is 32.2. The number of carbonyl (C=O) groups is 1. The fourth-order valence-electron chi connectivity index (χ4n) is 1.62. The van der Waals surface area contributed by atoms with E-state index in [9.17, 15) is 13.2 Å². The predicted molar refractivity (Wildman–Crippen MR) is 79.5 cm³/mol. The van der Waals surface area contributed by atoms with E-state index >= 15 is 0 Å². The molecule has 1 heterocycles. The second-order valence-electron chi connectivity index (χ2n) is 6.70. The topological polar surface area (TPSA) is 117 Å². The lowest BCUT2D eigenvalue weighted by molar-refractivity contribution is 0.0934. The molecule has 8 nitrogen and oxygen atoms in total. The monoisotopic (exact) mass is 317 g/mol. The van der Waals surface area contributed by atoms with Crippen LogP contribution in [0.1, 0.15) is 51.1 Å². The first-order valence-corrected chi connectivity index (χ1v) is 8.39. The van der Waals surface area contributed by atoms with Crippen LogP contribution in [0.5, 0.6) is 0 Å². The van der Waals surface area contributed by atoms with E-state index in [1.165, 1.54) is 0 Å². The van der Waals surface area contributed by atoms with Gasteiger partial charge in [-0.15, -0.1) is 5.10 Å². The van der Waals surface area contributed by atoms with Crippen LogP contribution in [-0.4, -0.2) is 47.8 Å². The number of amides is 1. The second kappa shape index (κ2) is 5.72. The van der Waals surface area contributed by atoms with Gasteiger partial charge in [0, 0.05) is 17.5 Å². The van der Waals surface area contributed by atoms with Gasteiger partial charge in [-0.3, -0.25) is 9.89 Å². The summed E-state index contributed by atoms with van der Waals surface area (Å²) in [7, 11) is -3.35. The Bertz CT molecular complexity index is 613. The zero-order valence-electron chi connectivity index (χ0n) is 13.2. The molecule has 0 aliphatic rings. The number of aromatic nitrogens is 3. The first kappa shape index (κ1) is 17.6. The Morgan fingerprint density at radius 1 is 1.24 bits per heavy atom. The lowest BCUT2D eigenvalue weighted by Crippen LogP contribution is -2.51. The summed E-state index contributed by atoms with van der Waals surface area (Å²) in [6, 6.07) is 0. The fraction of sp³-hybridized carbons (Fsp3) is 0.750. The molecule has 0 atom stereocenters.